The first-order chi connectivity index (χ1) is 18.7. The van der Waals surface area contributed by atoms with E-state index in [1.807, 2.05) is 50.2 Å². The molecule has 39 heavy (non-hydrogen) atoms. The average molecular weight is 563 g/mol. The lowest BCUT2D eigenvalue weighted by Crippen LogP contribution is -2.17. The largest absolute Gasteiger partial charge is 0.486 e. The van der Waals surface area contributed by atoms with E-state index in [1.165, 1.54) is 6.20 Å². The number of hydrogen-bond acceptors (Lipinski definition) is 7. The predicted octanol–water partition coefficient (Wildman–Crippen LogP) is 6.72. The third-order valence-corrected chi connectivity index (χ3v) is 6.47. The number of aromatic nitrogens is 2. The normalized spacial score (nSPS) is 10.9. The molecule has 200 valence electrons. The highest BCUT2D eigenvalue weighted by molar-refractivity contribution is 6.32. The first kappa shape index (κ1) is 28.1. The van der Waals surface area contributed by atoms with Crippen LogP contribution in [0.5, 0.6) is 5.75 Å². The summed E-state index contributed by atoms with van der Waals surface area (Å²) in [5.74, 6) is 0.424. The Labute approximate surface area is 237 Å². The van der Waals surface area contributed by atoms with Crippen LogP contribution in [0.15, 0.2) is 54.7 Å². The van der Waals surface area contributed by atoms with Gasteiger partial charge in [0.1, 0.15) is 23.6 Å². The van der Waals surface area contributed by atoms with Gasteiger partial charge in [-0.25, -0.2) is 4.98 Å². The van der Waals surface area contributed by atoms with E-state index in [0.717, 1.165) is 18.5 Å². The highest BCUT2D eigenvalue weighted by atomic mass is 35.5. The van der Waals surface area contributed by atoms with Gasteiger partial charge in [-0.1, -0.05) is 29.3 Å². The van der Waals surface area contributed by atoms with Crippen molar-refractivity contribution >= 4 is 57.1 Å². The van der Waals surface area contributed by atoms with E-state index in [4.69, 9.17) is 27.9 Å². The van der Waals surface area contributed by atoms with Crippen molar-refractivity contribution in [2.75, 3.05) is 31.3 Å². The summed E-state index contributed by atoms with van der Waals surface area (Å²) in [6.45, 7) is 2.96. The van der Waals surface area contributed by atoms with Gasteiger partial charge >= 0.3 is 0 Å². The van der Waals surface area contributed by atoms with Crippen LogP contribution in [-0.4, -0.2) is 41.4 Å². The maximum atomic E-state index is 12.6. The first-order valence-electron chi connectivity index (χ1n) is 12.3. The molecule has 2 aromatic carbocycles. The van der Waals surface area contributed by atoms with Crippen LogP contribution in [0.4, 0.5) is 17.1 Å². The molecule has 0 saturated carbocycles. The summed E-state index contributed by atoms with van der Waals surface area (Å²) in [4.78, 5) is 23.3. The number of amides is 1. The Bertz CT molecular complexity index is 1550. The summed E-state index contributed by atoms with van der Waals surface area (Å²) in [7, 11) is 3.96. The Kier molecular flexibility index (Phi) is 9.20. The van der Waals surface area contributed by atoms with E-state index >= 15 is 0 Å². The predicted molar refractivity (Wildman–Crippen MR) is 156 cm³/mol. The van der Waals surface area contributed by atoms with Gasteiger partial charge in [-0.05, 0) is 82.0 Å². The Hall–Kier alpha value is -3.90. The fourth-order valence-electron chi connectivity index (χ4n) is 3.99. The SMILES string of the molecule is Cc1cc2ncc(C#N)c(Nc3ccc(OCc4cccc(Cl)n4)c(Cl)c3)c2cc1NC(=O)CCCN(C)C. The number of nitrogens with one attached hydrogen (secondary N) is 2. The van der Waals surface area contributed by atoms with Crippen LogP contribution in [0.2, 0.25) is 10.2 Å². The van der Waals surface area contributed by atoms with Crippen molar-refractivity contribution in [2.24, 2.45) is 0 Å². The number of aryl methyl sites for hydroxylation is 1. The van der Waals surface area contributed by atoms with Crippen molar-refractivity contribution in [1.29, 1.82) is 5.26 Å². The number of ether oxygens (including phenoxy) is 1. The molecule has 0 unspecified atom stereocenters. The van der Waals surface area contributed by atoms with Crippen molar-refractivity contribution < 1.29 is 9.53 Å². The summed E-state index contributed by atoms with van der Waals surface area (Å²) in [5, 5.41) is 17.6. The van der Waals surface area contributed by atoms with Crippen molar-refractivity contribution in [1.82, 2.24) is 14.9 Å². The minimum atomic E-state index is -0.0615. The third kappa shape index (κ3) is 7.36. The molecule has 1 amide bonds. The van der Waals surface area contributed by atoms with Crippen LogP contribution in [-0.2, 0) is 11.4 Å². The molecule has 10 heteroatoms. The molecule has 0 aliphatic heterocycles. The lowest BCUT2D eigenvalue weighted by Gasteiger charge is -2.16. The van der Waals surface area contributed by atoms with Crippen molar-refractivity contribution in [3.05, 3.63) is 81.7 Å². The number of hydrogen-bond donors (Lipinski definition) is 2. The van der Waals surface area contributed by atoms with Crippen LogP contribution in [0, 0.1) is 18.3 Å². The molecule has 0 saturated heterocycles. The van der Waals surface area contributed by atoms with Gasteiger partial charge in [0, 0.05) is 29.4 Å². The Balaban J connectivity index is 1.57. The molecule has 0 aliphatic rings. The summed E-state index contributed by atoms with van der Waals surface area (Å²) in [5.41, 5.74) is 4.51. The second-order valence-corrected chi connectivity index (χ2v) is 10.1. The van der Waals surface area contributed by atoms with E-state index in [1.54, 1.807) is 24.3 Å². The van der Waals surface area contributed by atoms with E-state index < -0.39 is 0 Å². The number of benzene rings is 2. The lowest BCUT2D eigenvalue weighted by atomic mass is 10.0. The molecule has 2 heterocycles. The molecule has 2 N–H and O–H groups in total. The Morgan fingerprint density at radius 1 is 1.15 bits per heavy atom. The number of pyridine rings is 2. The van der Waals surface area contributed by atoms with Gasteiger partial charge in [-0.3, -0.25) is 9.78 Å². The second kappa shape index (κ2) is 12.8. The summed E-state index contributed by atoms with van der Waals surface area (Å²) in [6.07, 6.45) is 2.70. The first-order valence-corrected chi connectivity index (χ1v) is 13.1. The maximum absolute atomic E-state index is 12.6. The van der Waals surface area contributed by atoms with Crippen molar-refractivity contribution in [3.63, 3.8) is 0 Å². The van der Waals surface area contributed by atoms with Gasteiger partial charge in [0.25, 0.3) is 0 Å². The molecular weight excluding hydrogens is 535 g/mol. The highest BCUT2D eigenvalue weighted by Crippen LogP contribution is 2.35. The standard InChI is InChI=1S/C29H28Cl2N6O2/c1-18-12-25-22(14-24(18)36-28(38)8-5-11-37(2)3)29(19(15-32)16-33-25)35-20-9-10-26(23(30)13-20)39-17-21-6-4-7-27(31)34-21/h4,6-7,9-10,12-14,16H,5,8,11,17H2,1-3H3,(H,33,35)(H,36,38). The smallest absolute Gasteiger partial charge is 0.224 e. The zero-order valence-corrected chi connectivity index (χ0v) is 23.4. The molecule has 8 nitrogen and oxygen atoms in total. The Morgan fingerprint density at radius 2 is 1.97 bits per heavy atom. The van der Waals surface area contributed by atoms with Crippen LogP contribution in [0.25, 0.3) is 10.9 Å². The van der Waals surface area contributed by atoms with Gasteiger partial charge in [-0.15, -0.1) is 0 Å². The number of nitriles is 1. The quantitative estimate of drug-likeness (QED) is 0.207. The molecule has 0 fully saturated rings. The number of carbonyl (C=O) groups excluding carboxylic acids is 1. The molecule has 2 aromatic heterocycles. The fourth-order valence-corrected chi connectivity index (χ4v) is 4.40. The van der Waals surface area contributed by atoms with Crippen LogP contribution in [0.1, 0.15) is 29.7 Å². The van der Waals surface area contributed by atoms with Crippen LogP contribution in [0.3, 0.4) is 0 Å². The van der Waals surface area contributed by atoms with E-state index in [0.29, 0.717) is 61.6 Å². The Morgan fingerprint density at radius 3 is 2.69 bits per heavy atom. The molecular formula is C29H28Cl2N6O2. The molecule has 0 bridgehead atoms. The highest BCUT2D eigenvalue weighted by Gasteiger charge is 2.14. The minimum Gasteiger partial charge on any atom is -0.486 e. The topological polar surface area (TPSA) is 103 Å². The number of halogens is 2. The van der Waals surface area contributed by atoms with Crippen LogP contribution >= 0.6 is 23.2 Å². The number of fused-ring (bicyclic) bond motifs is 1. The number of nitrogens with zero attached hydrogens (tertiary/aromatic N) is 4. The number of carbonyl (C=O) groups is 1. The summed E-state index contributed by atoms with van der Waals surface area (Å²) < 4.78 is 5.82. The number of anilines is 3. The third-order valence-electron chi connectivity index (χ3n) is 5.97. The van der Waals surface area contributed by atoms with Gasteiger partial charge in [0.2, 0.25) is 5.91 Å². The maximum Gasteiger partial charge on any atom is 0.224 e. The van der Waals surface area contributed by atoms with Gasteiger partial charge in [0.05, 0.1) is 27.5 Å². The zero-order valence-electron chi connectivity index (χ0n) is 21.9. The summed E-state index contributed by atoms with van der Waals surface area (Å²) >= 11 is 12.5. The monoisotopic (exact) mass is 562 g/mol. The molecule has 4 rings (SSSR count). The lowest BCUT2D eigenvalue weighted by molar-refractivity contribution is -0.116. The van der Waals surface area contributed by atoms with Crippen LogP contribution < -0.4 is 15.4 Å². The second-order valence-electron chi connectivity index (χ2n) is 9.31. The average Bonchev–Trinajstić information content (AvgIpc) is 2.89. The van der Waals surface area contributed by atoms with Crippen molar-refractivity contribution in [3.8, 4) is 11.8 Å². The molecule has 0 atom stereocenters. The van der Waals surface area contributed by atoms with Gasteiger partial charge in [-0.2, -0.15) is 5.26 Å². The number of rotatable bonds is 10. The van der Waals surface area contributed by atoms with E-state index in [9.17, 15) is 10.1 Å². The fraction of sp³-hybridized carbons (Fsp3) is 0.241. The van der Waals surface area contributed by atoms with Crippen molar-refractivity contribution in [2.45, 2.75) is 26.4 Å². The molecule has 4 aromatic rings. The summed E-state index contributed by atoms with van der Waals surface area (Å²) in [6, 6.07) is 16.5. The van der Waals surface area contributed by atoms with E-state index in [-0.39, 0.29) is 12.5 Å². The molecule has 0 spiro atoms. The molecule has 0 radical (unpaired) electrons. The zero-order chi connectivity index (χ0) is 27.9. The van der Waals surface area contributed by atoms with Gasteiger partial charge in [0.15, 0.2) is 0 Å². The van der Waals surface area contributed by atoms with E-state index in [2.05, 4.69) is 26.7 Å². The molecule has 0 aliphatic carbocycles. The minimum absolute atomic E-state index is 0.0615. The van der Waals surface area contributed by atoms with Gasteiger partial charge < -0.3 is 20.3 Å².